The summed E-state index contributed by atoms with van der Waals surface area (Å²) in [7, 11) is 0. The summed E-state index contributed by atoms with van der Waals surface area (Å²) in [6, 6.07) is 9.15. The van der Waals surface area contributed by atoms with Gasteiger partial charge in [0.2, 0.25) is 0 Å². The van der Waals surface area contributed by atoms with Crippen LogP contribution < -0.4 is 5.32 Å². The van der Waals surface area contributed by atoms with Crippen molar-refractivity contribution in [3.8, 4) is 0 Å². The van der Waals surface area contributed by atoms with Gasteiger partial charge in [0.1, 0.15) is 0 Å². The topological polar surface area (TPSA) is 29.9 Å². The summed E-state index contributed by atoms with van der Waals surface area (Å²) in [5.41, 5.74) is 3.83. The van der Waals surface area contributed by atoms with Crippen molar-refractivity contribution in [2.75, 3.05) is 0 Å². The van der Waals surface area contributed by atoms with E-state index in [1.165, 1.54) is 16.8 Å². The average molecular weight is 243 g/mol. The van der Waals surface area contributed by atoms with E-state index in [9.17, 15) is 0 Å². The molecule has 0 saturated heterocycles. The molecule has 0 atom stereocenters. The summed E-state index contributed by atoms with van der Waals surface area (Å²) < 4.78 is 2.19. The van der Waals surface area contributed by atoms with Gasteiger partial charge in [0.15, 0.2) is 0 Å². The van der Waals surface area contributed by atoms with Crippen LogP contribution >= 0.6 is 0 Å². The van der Waals surface area contributed by atoms with Gasteiger partial charge in [-0.2, -0.15) is 0 Å². The van der Waals surface area contributed by atoms with E-state index in [2.05, 4.69) is 59.9 Å². The van der Waals surface area contributed by atoms with Gasteiger partial charge >= 0.3 is 0 Å². The Hall–Kier alpha value is -1.61. The lowest BCUT2D eigenvalue weighted by Gasteiger charge is -2.11. The van der Waals surface area contributed by atoms with Gasteiger partial charge in [0, 0.05) is 25.3 Å². The molecule has 3 heteroatoms. The fourth-order valence-corrected chi connectivity index (χ4v) is 1.84. The number of hydrogen-bond donors (Lipinski definition) is 1. The maximum Gasteiger partial charge on any atom is 0.0951 e. The third kappa shape index (κ3) is 3.44. The van der Waals surface area contributed by atoms with Crippen LogP contribution in [0, 0.1) is 6.92 Å². The van der Waals surface area contributed by atoms with Gasteiger partial charge in [-0.15, -0.1) is 0 Å². The quantitative estimate of drug-likeness (QED) is 0.875. The van der Waals surface area contributed by atoms with Crippen molar-refractivity contribution in [2.45, 2.75) is 39.9 Å². The molecule has 0 bridgehead atoms. The molecule has 1 aromatic heterocycles. The third-order valence-electron chi connectivity index (χ3n) is 2.96. The number of nitrogens with one attached hydrogen (secondary N) is 1. The Morgan fingerprint density at radius 2 is 1.94 bits per heavy atom. The Balaban J connectivity index is 2.05. The molecule has 0 fully saturated rings. The summed E-state index contributed by atoms with van der Waals surface area (Å²) in [6.45, 7) is 8.17. The lowest BCUT2D eigenvalue weighted by molar-refractivity contribution is 0.564. The van der Waals surface area contributed by atoms with Gasteiger partial charge < -0.3 is 9.88 Å². The first-order valence-corrected chi connectivity index (χ1v) is 6.43. The van der Waals surface area contributed by atoms with E-state index in [1.54, 1.807) is 0 Å². The Labute approximate surface area is 109 Å². The Morgan fingerprint density at radius 1 is 1.22 bits per heavy atom. The highest BCUT2D eigenvalue weighted by molar-refractivity contribution is 5.22. The number of aryl methyl sites for hydroxylation is 1. The molecule has 0 radical (unpaired) electrons. The molecule has 0 spiro atoms. The number of imidazole rings is 1. The van der Waals surface area contributed by atoms with Gasteiger partial charge in [-0.25, -0.2) is 4.98 Å². The van der Waals surface area contributed by atoms with Crippen LogP contribution in [0.3, 0.4) is 0 Å². The second kappa shape index (κ2) is 5.83. The van der Waals surface area contributed by atoms with Gasteiger partial charge in [0.25, 0.3) is 0 Å². The first-order valence-electron chi connectivity index (χ1n) is 6.43. The summed E-state index contributed by atoms with van der Waals surface area (Å²) in [6.07, 6.45) is 3.83. The molecule has 0 unspecified atom stereocenters. The highest BCUT2D eigenvalue weighted by atomic mass is 15.1. The number of nitrogens with zero attached hydrogens (tertiary/aromatic N) is 2. The van der Waals surface area contributed by atoms with Crippen molar-refractivity contribution in [1.82, 2.24) is 14.9 Å². The maximum absolute atomic E-state index is 4.24. The molecule has 0 aliphatic rings. The van der Waals surface area contributed by atoms with Gasteiger partial charge in [-0.1, -0.05) is 43.7 Å². The summed E-state index contributed by atoms with van der Waals surface area (Å²) >= 11 is 0. The van der Waals surface area contributed by atoms with E-state index in [-0.39, 0.29) is 0 Å². The molecule has 1 N–H and O–H groups in total. The van der Waals surface area contributed by atoms with Gasteiger partial charge in [0.05, 0.1) is 12.0 Å². The lowest BCUT2D eigenvalue weighted by atomic mass is 10.1. The van der Waals surface area contributed by atoms with Crippen LogP contribution in [0.15, 0.2) is 36.8 Å². The molecule has 18 heavy (non-hydrogen) atoms. The monoisotopic (exact) mass is 243 g/mol. The fraction of sp³-hybridized carbons (Fsp3) is 0.400. The highest BCUT2D eigenvalue weighted by Crippen LogP contribution is 2.08. The minimum atomic E-state index is 0.493. The Kier molecular flexibility index (Phi) is 4.15. The van der Waals surface area contributed by atoms with Crippen molar-refractivity contribution >= 4 is 0 Å². The van der Waals surface area contributed by atoms with Crippen LogP contribution in [0.5, 0.6) is 0 Å². The van der Waals surface area contributed by atoms with E-state index in [0.29, 0.717) is 6.04 Å². The zero-order chi connectivity index (χ0) is 13.0. The number of rotatable bonds is 5. The zero-order valence-corrected chi connectivity index (χ0v) is 11.4. The van der Waals surface area contributed by atoms with Crippen LogP contribution in [0.1, 0.15) is 30.7 Å². The first-order chi connectivity index (χ1) is 8.65. The molecule has 0 saturated carbocycles. The highest BCUT2D eigenvalue weighted by Gasteiger charge is 2.03. The zero-order valence-electron chi connectivity index (χ0n) is 11.4. The Morgan fingerprint density at radius 3 is 2.61 bits per heavy atom. The minimum absolute atomic E-state index is 0.493. The molecular formula is C15H21N3. The molecule has 0 aliphatic heterocycles. The van der Waals surface area contributed by atoms with Crippen LogP contribution in [0.25, 0.3) is 0 Å². The summed E-state index contributed by atoms with van der Waals surface area (Å²) in [4.78, 5) is 4.24. The van der Waals surface area contributed by atoms with Crippen molar-refractivity contribution in [3.63, 3.8) is 0 Å². The van der Waals surface area contributed by atoms with Crippen molar-refractivity contribution in [3.05, 3.63) is 53.6 Å². The number of hydrogen-bond acceptors (Lipinski definition) is 2. The van der Waals surface area contributed by atoms with Crippen LogP contribution in [-0.2, 0) is 13.1 Å². The second-order valence-electron chi connectivity index (χ2n) is 5.03. The maximum atomic E-state index is 4.24. The van der Waals surface area contributed by atoms with E-state index in [4.69, 9.17) is 0 Å². The SMILES string of the molecule is Cc1ccc(Cn2cncc2CNC(C)C)cc1. The largest absolute Gasteiger partial charge is 0.329 e. The van der Waals surface area contributed by atoms with E-state index in [0.717, 1.165) is 13.1 Å². The molecule has 3 nitrogen and oxygen atoms in total. The molecule has 0 amide bonds. The second-order valence-corrected chi connectivity index (χ2v) is 5.03. The summed E-state index contributed by atoms with van der Waals surface area (Å²) in [5, 5.41) is 3.42. The van der Waals surface area contributed by atoms with Gasteiger partial charge in [-0.05, 0) is 12.5 Å². The molecule has 2 rings (SSSR count). The molecule has 1 aromatic carbocycles. The van der Waals surface area contributed by atoms with Crippen molar-refractivity contribution < 1.29 is 0 Å². The number of aromatic nitrogens is 2. The molecule has 0 aliphatic carbocycles. The average Bonchev–Trinajstić information content (AvgIpc) is 2.77. The predicted octanol–water partition coefficient (Wildman–Crippen LogP) is 2.74. The molecular weight excluding hydrogens is 222 g/mol. The summed E-state index contributed by atoms with van der Waals surface area (Å²) in [5.74, 6) is 0. The van der Waals surface area contributed by atoms with Crippen LogP contribution in [0.2, 0.25) is 0 Å². The molecule has 2 aromatic rings. The van der Waals surface area contributed by atoms with E-state index >= 15 is 0 Å². The van der Waals surface area contributed by atoms with Crippen LogP contribution in [-0.4, -0.2) is 15.6 Å². The van der Waals surface area contributed by atoms with Crippen molar-refractivity contribution in [2.24, 2.45) is 0 Å². The first kappa shape index (κ1) is 12.8. The minimum Gasteiger partial charge on any atom is -0.329 e. The lowest BCUT2D eigenvalue weighted by Crippen LogP contribution is -2.23. The van der Waals surface area contributed by atoms with Crippen molar-refractivity contribution in [1.29, 1.82) is 0 Å². The predicted molar refractivity (Wildman–Crippen MR) is 74.5 cm³/mol. The molecule has 1 heterocycles. The Bertz CT molecular complexity index is 483. The van der Waals surface area contributed by atoms with Gasteiger partial charge in [-0.3, -0.25) is 0 Å². The normalized spacial score (nSPS) is 11.1. The van der Waals surface area contributed by atoms with E-state index < -0.39 is 0 Å². The standard InChI is InChI=1S/C15H21N3/c1-12(2)17-9-15-8-16-11-18(15)10-14-6-4-13(3)5-7-14/h4-8,11-12,17H,9-10H2,1-3H3. The van der Waals surface area contributed by atoms with E-state index in [1.807, 2.05) is 12.5 Å². The molecule has 96 valence electrons. The smallest absolute Gasteiger partial charge is 0.0951 e. The number of benzene rings is 1. The fourth-order valence-electron chi connectivity index (χ4n) is 1.84. The third-order valence-corrected chi connectivity index (χ3v) is 2.96. The van der Waals surface area contributed by atoms with Crippen LogP contribution in [0.4, 0.5) is 0 Å².